The van der Waals surface area contributed by atoms with Crippen molar-refractivity contribution < 1.29 is 28.4 Å². The molecule has 1 aliphatic rings. The lowest BCUT2D eigenvalue weighted by atomic mass is 10.1. The van der Waals surface area contributed by atoms with Gasteiger partial charge in [-0.1, -0.05) is 36.4 Å². The molecule has 0 amide bonds. The van der Waals surface area contributed by atoms with Crippen LogP contribution in [0.5, 0.6) is 17.2 Å². The van der Waals surface area contributed by atoms with Gasteiger partial charge in [-0.2, -0.15) is 11.8 Å². The Morgan fingerprint density at radius 3 is 1.53 bits per heavy atom. The van der Waals surface area contributed by atoms with Crippen molar-refractivity contribution >= 4 is 11.8 Å². The molecular weight excluding hydrogens is 476 g/mol. The molecule has 1 heterocycles. The van der Waals surface area contributed by atoms with Crippen molar-refractivity contribution in [2.24, 2.45) is 0 Å². The first-order chi connectivity index (χ1) is 17.7. The minimum Gasteiger partial charge on any atom is -0.497 e. The van der Waals surface area contributed by atoms with Gasteiger partial charge in [0, 0.05) is 5.75 Å². The predicted octanol–water partition coefficient (Wildman–Crippen LogP) is 5.52. The second-order valence-electron chi connectivity index (χ2n) is 8.56. The predicted molar refractivity (Wildman–Crippen MR) is 142 cm³/mol. The maximum absolute atomic E-state index is 6.44. The second kappa shape index (κ2) is 13.6. The average molecular weight is 511 g/mol. The number of thioether (sulfide) groups is 1. The van der Waals surface area contributed by atoms with E-state index in [2.05, 4.69) is 0 Å². The van der Waals surface area contributed by atoms with Gasteiger partial charge in [0.2, 0.25) is 0 Å². The number of methoxy groups -OCH3 is 3. The highest BCUT2D eigenvalue weighted by molar-refractivity contribution is 8.00. The van der Waals surface area contributed by atoms with Crippen molar-refractivity contribution in [1.82, 2.24) is 0 Å². The molecule has 0 radical (unpaired) electrons. The summed E-state index contributed by atoms with van der Waals surface area (Å²) in [5.74, 6) is 3.37. The lowest BCUT2D eigenvalue weighted by molar-refractivity contribution is -0.0768. The van der Waals surface area contributed by atoms with E-state index < -0.39 is 0 Å². The van der Waals surface area contributed by atoms with Gasteiger partial charge in [-0.25, -0.2) is 0 Å². The Balaban J connectivity index is 1.35. The van der Waals surface area contributed by atoms with Crippen molar-refractivity contribution in [2.75, 3.05) is 33.7 Å². The third kappa shape index (κ3) is 7.40. The Labute approximate surface area is 217 Å². The van der Waals surface area contributed by atoms with Crippen LogP contribution in [0.15, 0.2) is 72.8 Å². The molecular formula is C29H34O6S. The topological polar surface area (TPSA) is 55.4 Å². The SMILES string of the molecule is COc1ccc(COC[C@H]2SC[C@@H](OCc3ccc(OC)cc3)C2OCc2ccc(OC)cc2)cc1. The van der Waals surface area contributed by atoms with Gasteiger partial charge in [0.1, 0.15) is 17.2 Å². The van der Waals surface area contributed by atoms with E-state index in [-0.39, 0.29) is 17.5 Å². The van der Waals surface area contributed by atoms with Gasteiger partial charge in [-0.3, -0.25) is 0 Å². The van der Waals surface area contributed by atoms with Crippen LogP contribution in [0.1, 0.15) is 16.7 Å². The highest BCUT2D eigenvalue weighted by Crippen LogP contribution is 2.33. The lowest BCUT2D eigenvalue weighted by Gasteiger charge is -2.25. The standard InChI is InChI=1S/C29H34O6S/c1-30-24-10-4-21(5-11-24)16-33-19-28-29(35-18-23-8-14-26(32-3)15-9-23)27(20-36-28)34-17-22-6-12-25(31-2)13-7-22/h4-15,27-29H,16-20H2,1-3H3/t27-,28-,29?/m1/s1. The number of ether oxygens (including phenoxy) is 6. The maximum Gasteiger partial charge on any atom is 0.118 e. The normalized spacial score (nSPS) is 19.2. The van der Waals surface area contributed by atoms with E-state index in [4.69, 9.17) is 28.4 Å². The summed E-state index contributed by atoms with van der Waals surface area (Å²) in [5.41, 5.74) is 3.32. The van der Waals surface area contributed by atoms with Crippen LogP contribution < -0.4 is 14.2 Å². The van der Waals surface area contributed by atoms with Crippen LogP contribution >= 0.6 is 11.8 Å². The molecule has 0 saturated carbocycles. The van der Waals surface area contributed by atoms with Crippen molar-refractivity contribution in [2.45, 2.75) is 37.3 Å². The largest absolute Gasteiger partial charge is 0.497 e. The molecule has 3 aromatic rings. The molecule has 7 heteroatoms. The molecule has 3 aromatic carbocycles. The van der Waals surface area contributed by atoms with Crippen LogP contribution in [0.3, 0.4) is 0 Å². The molecule has 0 bridgehead atoms. The first kappa shape index (κ1) is 26.4. The highest BCUT2D eigenvalue weighted by Gasteiger charge is 2.38. The smallest absolute Gasteiger partial charge is 0.118 e. The molecule has 1 aliphatic heterocycles. The van der Waals surface area contributed by atoms with Gasteiger partial charge < -0.3 is 28.4 Å². The van der Waals surface area contributed by atoms with E-state index >= 15 is 0 Å². The van der Waals surface area contributed by atoms with Crippen LogP contribution in [0.25, 0.3) is 0 Å². The van der Waals surface area contributed by atoms with E-state index in [0.717, 1.165) is 39.7 Å². The third-order valence-corrected chi connectivity index (χ3v) is 7.50. The Kier molecular flexibility index (Phi) is 9.93. The van der Waals surface area contributed by atoms with Crippen molar-refractivity contribution in [1.29, 1.82) is 0 Å². The summed E-state index contributed by atoms with van der Waals surface area (Å²) >= 11 is 1.85. The molecule has 4 rings (SSSR count). The van der Waals surface area contributed by atoms with E-state index in [9.17, 15) is 0 Å². The zero-order valence-electron chi connectivity index (χ0n) is 21.1. The summed E-state index contributed by atoms with van der Waals surface area (Å²) in [6.07, 6.45) is -0.101. The van der Waals surface area contributed by atoms with Crippen molar-refractivity contribution in [3.63, 3.8) is 0 Å². The van der Waals surface area contributed by atoms with E-state index in [1.54, 1.807) is 21.3 Å². The van der Waals surface area contributed by atoms with Crippen LogP contribution in [0.2, 0.25) is 0 Å². The van der Waals surface area contributed by atoms with Gasteiger partial charge in [0.15, 0.2) is 0 Å². The van der Waals surface area contributed by atoms with Gasteiger partial charge in [0.25, 0.3) is 0 Å². The Morgan fingerprint density at radius 2 is 1.06 bits per heavy atom. The molecule has 0 spiro atoms. The van der Waals surface area contributed by atoms with E-state index in [1.807, 2.05) is 84.6 Å². The molecule has 0 aromatic heterocycles. The van der Waals surface area contributed by atoms with E-state index in [0.29, 0.717) is 26.4 Å². The molecule has 1 fully saturated rings. The molecule has 0 aliphatic carbocycles. The summed E-state index contributed by atoms with van der Waals surface area (Å²) in [5, 5.41) is 0.183. The van der Waals surface area contributed by atoms with Crippen molar-refractivity contribution in [3.05, 3.63) is 89.5 Å². The molecule has 1 unspecified atom stereocenters. The minimum atomic E-state index is -0.0776. The van der Waals surface area contributed by atoms with Crippen molar-refractivity contribution in [3.8, 4) is 17.2 Å². The lowest BCUT2D eigenvalue weighted by Crippen LogP contribution is -2.36. The number of hydrogen-bond acceptors (Lipinski definition) is 7. The zero-order valence-corrected chi connectivity index (χ0v) is 21.9. The Morgan fingerprint density at radius 1 is 0.611 bits per heavy atom. The number of rotatable bonds is 13. The molecule has 192 valence electrons. The summed E-state index contributed by atoms with van der Waals surface area (Å²) in [4.78, 5) is 0. The van der Waals surface area contributed by atoms with Crippen LogP contribution in [0, 0.1) is 0 Å². The van der Waals surface area contributed by atoms with Crippen LogP contribution in [0.4, 0.5) is 0 Å². The average Bonchev–Trinajstić information content (AvgIpc) is 3.33. The Hall–Kier alpha value is -2.71. The van der Waals surface area contributed by atoms with Gasteiger partial charge in [-0.05, 0) is 53.1 Å². The summed E-state index contributed by atoms with van der Waals surface area (Å²) in [6.45, 7) is 2.17. The number of hydrogen-bond donors (Lipinski definition) is 0. The maximum atomic E-state index is 6.44. The molecule has 36 heavy (non-hydrogen) atoms. The molecule has 0 N–H and O–H groups in total. The van der Waals surface area contributed by atoms with Crippen LogP contribution in [-0.4, -0.2) is 51.1 Å². The zero-order chi connectivity index (χ0) is 25.2. The fourth-order valence-corrected chi connectivity index (χ4v) is 5.36. The molecule has 6 nitrogen and oxygen atoms in total. The fourth-order valence-electron chi connectivity index (χ4n) is 4.00. The van der Waals surface area contributed by atoms with E-state index in [1.165, 1.54) is 0 Å². The fraction of sp³-hybridized carbons (Fsp3) is 0.379. The summed E-state index contributed by atoms with van der Waals surface area (Å²) in [7, 11) is 5.01. The quantitative estimate of drug-likeness (QED) is 0.300. The molecule has 3 atom stereocenters. The monoisotopic (exact) mass is 510 g/mol. The second-order valence-corrected chi connectivity index (χ2v) is 9.83. The van der Waals surface area contributed by atoms with Gasteiger partial charge in [-0.15, -0.1) is 0 Å². The Bertz CT molecular complexity index is 1040. The first-order valence-corrected chi connectivity index (χ1v) is 13.0. The van der Waals surface area contributed by atoms with Crippen LogP contribution in [-0.2, 0) is 34.0 Å². The van der Waals surface area contributed by atoms with Gasteiger partial charge >= 0.3 is 0 Å². The third-order valence-electron chi connectivity index (χ3n) is 6.14. The number of benzene rings is 3. The summed E-state index contributed by atoms with van der Waals surface area (Å²) < 4.78 is 34.6. The first-order valence-electron chi connectivity index (χ1n) is 12.0. The molecule has 1 saturated heterocycles. The minimum absolute atomic E-state index is 0.0232. The summed E-state index contributed by atoms with van der Waals surface area (Å²) in [6, 6.07) is 23.9. The highest BCUT2D eigenvalue weighted by atomic mass is 32.2. The van der Waals surface area contributed by atoms with Gasteiger partial charge in [0.05, 0.1) is 65.2 Å².